The number of benzene rings is 2. The van der Waals surface area contributed by atoms with Gasteiger partial charge in [-0.2, -0.15) is 16.8 Å². The number of amides is 1. The van der Waals surface area contributed by atoms with Crippen molar-refractivity contribution in [1.82, 2.24) is 4.90 Å². The molecule has 0 unspecified atom stereocenters. The van der Waals surface area contributed by atoms with Crippen molar-refractivity contribution >= 4 is 26.3 Å². The Hall–Kier alpha value is -2.47. The summed E-state index contributed by atoms with van der Waals surface area (Å²) in [6.45, 7) is 7.99. The molecule has 0 spiro atoms. The van der Waals surface area contributed by atoms with Crippen molar-refractivity contribution in [1.29, 1.82) is 0 Å². The van der Waals surface area contributed by atoms with Crippen LogP contribution in [-0.2, 0) is 33.3 Å². The number of hydrogen-bond acceptors (Lipinski definition) is 8. The Bertz CT molecular complexity index is 1180. The van der Waals surface area contributed by atoms with E-state index < -0.39 is 50.7 Å². The molecule has 1 heterocycles. The van der Waals surface area contributed by atoms with Gasteiger partial charge in [-0.3, -0.25) is 13.3 Å². The maximum absolute atomic E-state index is 12.8. The maximum atomic E-state index is 12.8. The van der Waals surface area contributed by atoms with Crippen LogP contribution in [-0.4, -0.2) is 58.7 Å². The summed E-state index contributed by atoms with van der Waals surface area (Å²) in [5.74, 6) is 0. The summed E-state index contributed by atoms with van der Waals surface area (Å²) in [4.78, 5) is 14.0. The molecule has 3 rings (SSSR count). The number of hydrogen-bond donors (Lipinski definition) is 0. The lowest BCUT2D eigenvalue weighted by Gasteiger charge is -2.51. The highest BCUT2D eigenvalue weighted by atomic mass is 32.2. The lowest BCUT2D eigenvalue weighted by molar-refractivity contribution is -0.0779. The van der Waals surface area contributed by atoms with Gasteiger partial charge < -0.3 is 4.74 Å². The van der Waals surface area contributed by atoms with Crippen LogP contribution in [0.2, 0.25) is 0 Å². The van der Waals surface area contributed by atoms with Gasteiger partial charge in [-0.15, -0.1) is 0 Å². The van der Waals surface area contributed by atoms with Crippen LogP contribution in [0.15, 0.2) is 58.3 Å². The SMILES string of the molecule is Cc1ccc(S(=O)(=O)OCC2(COS(=O)(=O)c3ccc(C)cc3)CCN2C(=O)OC(C)(C)C)cc1. The molecule has 9 nitrogen and oxygen atoms in total. The van der Waals surface area contributed by atoms with E-state index >= 15 is 0 Å². The Morgan fingerprint density at radius 2 is 1.23 bits per heavy atom. The molecular formula is C24H31NO8S2. The average molecular weight is 526 g/mol. The predicted octanol–water partition coefficient (Wildman–Crippen LogP) is 3.79. The molecular weight excluding hydrogens is 494 g/mol. The van der Waals surface area contributed by atoms with E-state index in [1.165, 1.54) is 29.2 Å². The third kappa shape index (κ3) is 6.60. The lowest BCUT2D eigenvalue weighted by Crippen LogP contribution is -2.67. The van der Waals surface area contributed by atoms with E-state index in [-0.39, 0.29) is 22.8 Å². The van der Waals surface area contributed by atoms with Crippen LogP contribution in [0.4, 0.5) is 4.79 Å². The minimum atomic E-state index is -4.17. The van der Waals surface area contributed by atoms with E-state index in [1.54, 1.807) is 45.0 Å². The van der Waals surface area contributed by atoms with Gasteiger partial charge in [0.05, 0.1) is 28.5 Å². The second-order valence-corrected chi connectivity index (χ2v) is 12.9. The van der Waals surface area contributed by atoms with Crippen LogP contribution >= 0.6 is 0 Å². The smallest absolute Gasteiger partial charge is 0.410 e. The Morgan fingerprint density at radius 3 is 1.54 bits per heavy atom. The Balaban J connectivity index is 1.84. The second kappa shape index (κ2) is 9.88. The van der Waals surface area contributed by atoms with Crippen LogP contribution in [0.25, 0.3) is 0 Å². The third-order valence-corrected chi connectivity index (χ3v) is 8.13. The van der Waals surface area contributed by atoms with E-state index in [9.17, 15) is 21.6 Å². The molecule has 35 heavy (non-hydrogen) atoms. The summed E-state index contributed by atoms with van der Waals surface area (Å²) in [7, 11) is -8.33. The van der Waals surface area contributed by atoms with Crippen molar-refractivity contribution in [2.24, 2.45) is 0 Å². The van der Waals surface area contributed by atoms with Crippen molar-refractivity contribution in [3.8, 4) is 0 Å². The van der Waals surface area contributed by atoms with Crippen molar-refractivity contribution in [2.45, 2.75) is 62.0 Å². The highest BCUT2D eigenvalue weighted by Crippen LogP contribution is 2.35. The molecule has 0 N–H and O–H groups in total. The van der Waals surface area contributed by atoms with Gasteiger partial charge in [0.25, 0.3) is 20.2 Å². The van der Waals surface area contributed by atoms with E-state index in [0.717, 1.165) is 11.1 Å². The number of nitrogens with zero attached hydrogens (tertiary/aromatic N) is 1. The Labute approximate surface area is 207 Å². The van der Waals surface area contributed by atoms with Gasteiger partial charge in [0.15, 0.2) is 0 Å². The summed E-state index contributed by atoms with van der Waals surface area (Å²) in [6.07, 6.45) is -0.449. The standard InChI is InChI=1S/C24H31NO8S2/c1-18-6-10-20(11-7-18)34(27,28)31-16-24(14-15-25(24)22(26)33-23(3,4)5)17-32-35(29,30)21-12-8-19(2)9-13-21/h6-13H,14-17H2,1-5H3. The topological polar surface area (TPSA) is 116 Å². The first-order chi connectivity index (χ1) is 16.1. The zero-order valence-corrected chi connectivity index (χ0v) is 22.1. The van der Waals surface area contributed by atoms with E-state index in [4.69, 9.17) is 13.1 Å². The van der Waals surface area contributed by atoms with Crippen LogP contribution in [0.3, 0.4) is 0 Å². The van der Waals surface area contributed by atoms with Gasteiger partial charge in [0, 0.05) is 6.54 Å². The average Bonchev–Trinajstić information content (AvgIpc) is 2.72. The van der Waals surface area contributed by atoms with Gasteiger partial charge in [-0.1, -0.05) is 35.4 Å². The van der Waals surface area contributed by atoms with E-state index in [2.05, 4.69) is 0 Å². The highest BCUT2D eigenvalue weighted by molar-refractivity contribution is 7.87. The van der Waals surface area contributed by atoms with Crippen LogP contribution < -0.4 is 0 Å². The molecule has 2 aromatic rings. The predicted molar refractivity (Wildman–Crippen MR) is 129 cm³/mol. The number of rotatable bonds is 8. The van der Waals surface area contributed by atoms with Crippen LogP contribution in [0.5, 0.6) is 0 Å². The monoisotopic (exact) mass is 525 g/mol. The molecule has 11 heteroatoms. The Morgan fingerprint density at radius 1 is 0.829 bits per heavy atom. The van der Waals surface area contributed by atoms with Crippen molar-refractivity contribution in [3.05, 3.63) is 59.7 Å². The number of carbonyl (C=O) groups is 1. The molecule has 1 saturated heterocycles. The first-order valence-corrected chi connectivity index (χ1v) is 13.9. The fourth-order valence-electron chi connectivity index (χ4n) is 3.40. The zero-order valence-electron chi connectivity index (χ0n) is 20.5. The van der Waals surface area contributed by atoms with Crippen LogP contribution in [0.1, 0.15) is 38.3 Å². The van der Waals surface area contributed by atoms with E-state index in [0.29, 0.717) is 0 Å². The molecule has 0 bridgehead atoms. The quantitative estimate of drug-likeness (QED) is 0.478. The fraction of sp³-hybridized carbons (Fsp3) is 0.458. The first kappa shape index (κ1) is 27.1. The summed E-state index contributed by atoms with van der Waals surface area (Å²) in [5, 5.41) is 0. The fourth-order valence-corrected chi connectivity index (χ4v) is 5.36. The van der Waals surface area contributed by atoms with Gasteiger partial charge in [-0.05, 0) is 65.3 Å². The molecule has 2 aromatic carbocycles. The molecule has 192 valence electrons. The van der Waals surface area contributed by atoms with Gasteiger partial charge in [0.2, 0.25) is 0 Å². The normalized spacial score (nSPS) is 16.0. The second-order valence-electron chi connectivity index (χ2n) is 9.67. The van der Waals surface area contributed by atoms with Crippen molar-refractivity contribution < 1.29 is 34.7 Å². The maximum Gasteiger partial charge on any atom is 0.410 e. The molecule has 0 aliphatic carbocycles. The number of ether oxygens (including phenoxy) is 1. The molecule has 0 radical (unpaired) electrons. The number of aryl methyl sites for hydroxylation is 2. The van der Waals surface area contributed by atoms with Gasteiger partial charge in [0.1, 0.15) is 5.60 Å². The molecule has 0 saturated carbocycles. The summed E-state index contributed by atoms with van der Waals surface area (Å²) >= 11 is 0. The van der Waals surface area contributed by atoms with Crippen LogP contribution in [0, 0.1) is 13.8 Å². The number of carbonyl (C=O) groups excluding carboxylic acids is 1. The van der Waals surface area contributed by atoms with Gasteiger partial charge in [-0.25, -0.2) is 4.79 Å². The molecule has 0 atom stereocenters. The lowest BCUT2D eigenvalue weighted by atomic mass is 9.87. The minimum Gasteiger partial charge on any atom is -0.444 e. The molecule has 1 fully saturated rings. The third-order valence-electron chi connectivity index (χ3n) is 5.57. The molecule has 0 aromatic heterocycles. The highest BCUT2D eigenvalue weighted by Gasteiger charge is 2.51. The zero-order chi connectivity index (χ0) is 26.1. The Kier molecular flexibility index (Phi) is 7.66. The van der Waals surface area contributed by atoms with Crippen molar-refractivity contribution in [2.75, 3.05) is 19.8 Å². The first-order valence-electron chi connectivity index (χ1n) is 11.1. The molecule has 1 aliphatic rings. The summed E-state index contributed by atoms with van der Waals surface area (Å²) < 4.78 is 67.1. The molecule has 1 amide bonds. The minimum absolute atomic E-state index is 0.0467. The largest absolute Gasteiger partial charge is 0.444 e. The summed E-state index contributed by atoms with van der Waals surface area (Å²) in [6, 6.07) is 12.2. The summed E-state index contributed by atoms with van der Waals surface area (Å²) in [5.41, 5.74) is -0.393. The van der Waals surface area contributed by atoms with Gasteiger partial charge >= 0.3 is 6.09 Å². The number of likely N-dealkylation sites (tertiary alicyclic amines) is 1. The van der Waals surface area contributed by atoms with E-state index in [1.807, 2.05) is 13.8 Å². The van der Waals surface area contributed by atoms with Crippen molar-refractivity contribution in [3.63, 3.8) is 0 Å². The molecule has 1 aliphatic heterocycles.